The molecule has 0 atom stereocenters. The molecule has 0 aliphatic heterocycles. The molecular formula is C16H25N3O2. The molecule has 0 spiro atoms. The van der Waals surface area contributed by atoms with E-state index in [-0.39, 0.29) is 0 Å². The third-order valence-electron chi connectivity index (χ3n) is 4.90. The van der Waals surface area contributed by atoms with Crippen LogP contribution in [-0.2, 0) is 17.6 Å². The summed E-state index contributed by atoms with van der Waals surface area (Å²) >= 11 is 0. The Morgan fingerprint density at radius 1 is 1.14 bits per heavy atom. The minimum atomic E-state index is -0.907. The van der Waals surface area contributed by atoms with Gasteiger partial charge in [-0.25, -0.2) is 9.97 Å². The highest BCUT2D eigenvalue weighted by atomic mass is 16.4. The van der Waals surface area contributed by atoms with Gasteiger partial charge in [-0.15, -0.1) is 0 Å². The highest BCUT2D eigenvalue weighted by Crippen LogP contribution is 2.35. The first-order chi connectivity index (χ1) is 9.75. The Bertz CT molecular complexity index is 538. The zero-order chi connectivity index (χ0) is 15.7. The Morgan fingerprint density at radius 3 is 2.48 bits per heavy atom. The van der Waals surface area contributed by atoms with E-state index in [0.29, 0.717) is 0 Å². The molecule has 0 saturated carbocycles. The Kier molecular flexibility index (Phi) is 4.21. The molecule has 2 N–H and O–H groups in total. The Morgan fingerprint density at radius 2 is 1.81 bits per heavy atom. The molecule has 0 bridgehead atoms. The van der Waals surface area contributed by atoms with Gasteiger partial charge in [0, 0.05) is 16.8 Å². The number of anilines is 1. The third-order valence-corrected chi connectivity index (χ3v) is 4.90. The van der Waals surface area contributed by atoms with Gasteiger partial charge in [-0.3, -0.25) is 4.79 Å². The SMILES string of the molecule is CC(C)(Nc1ncnc2c1CCCCC2)C(C)(C)C(=O)O. The predicted octanol–water partition coefficient (Wildman–Crippen LogP) is 3.05. The number of aliphatic carboxylic acids is 1. The summed E-state index contributed by atoms with van der Waals surface area (Å²) in [5.74, 6) is -0.0265. The van der Waals surface area contributed by atoms with Crippen molar-refractivity contribution in [2.45, 2.75) is 65.3 Å². The van der Waals surface area contributed by atoms with Crippen molar-refractivity contribution in [2.75, 3.05) is 5.32 Å². The molecule has 1 aliphatic carbocycles. The summed E-state index contributed by atoms with van der Waals surface area (Å²) in [5.41, 5.74) is 0.737. The first-order valence-corrected chi connectivity index (χ1v) is 7.60. The standard InChI is InChI=1S/C16H25N3O2/c1-15(2,14(20)21)16(3,4)19-13-11-8-6-5-7-9-12(11)17-10-18-13/h10H,5-9H2,1-4H3,(H,20,21)(H,17,18,19). The number of hydrogen-bond acceptors (Lipinski definition) is 4. The average molecular weight is 291 g/mol. The summed E-state index contributed by atoms with van der Waals surface area (Å²) in [6.07, 6.45) is 7.03. The van der Waals surface area contributed by atoms with Gasteiger partial charge in [-0.2, -0.15) is 0 Å². The summed E-state index contributed by atoms with van der Waals surface area (Å²) in [4.78, 5) is 20.3. The summed E-state index contributed by atoms with van der Waals surface area (Å²) in [6, 6.07) is 0. The molecule has 0 unspecified atom stereocenters. The number of carbonyl (C=O) groups is 1. The lowest BCUT2D eigenvalue weighted by molar-refractivity contribution is -0.149. The maximum atomic E-state index is 11.5. The third kappa shape index (κ3) is 3.01. The van der Waals surface area contributed by atoms with Crippen LogP contribution in [0.5, 0.6) is 0 Å². The molecule has 1 heterocycles. The monoisotopic (exact) mass is 291 g/mol. The van der Waals surface area contributed by atoms with E-state index in [1.807, 2.05) is 13.8 Å². The number of fused-ring (bicyclic) bond motifs is 1. The fourth-order valence-electron chi connectivity index (χ4n) is 2.53. The molecular weight excluding hydrogens is 266 g/mol. The largest absolute Gasteiger partial charge is 0.481 e. The van der Waals surface area contributed by atoms with E-state index in [2.05, 4.69) is 15.3 Å². The minimum Gasteiger partial charge on any atom is -0.481 e. The zero-order valence-electron chi connectivity index (χ0n) is 13.4. The van der Waals surface area contributed by atoms with Gasteiger partial charge in [0.05, 0.1) is 5.41 Å². The second kappa shape index (κ2) is 5.62. The maximum Gasteiger partial charge on any atom is 0.311 e. The molecule has 1 aromatic rings. The number of nitrogens with one attached hydrogen (secondary N) is 1. The lowest BCUT2D eigenvalue weighted by Crippen LogP contribution is -2.51. The van der Waals surface area contributed by atoms with Crippen molar-refractivity contribution < 1.29 is 9.90 Å². The lowest BCUT2D eigenvalue weighted by atomic mass is 9.74. The average Bonchev–Trinajstić information content (AvgIpc) is 2.64. The van der Waals surface area contributed by atoms with E-state index < -0.39 is 16.9 Å². The highest BCUT2D eigenvalue weighted by Gasteiger charge is 2.44. The van der Waals surface area contributed by atoms with Crippen molar-refractivity contribution in [3.8, 4) is 0 Å². The van der Waals surface area contributed by atoms with E-state index in [1.165, 1.54) is 6.42 Å². The van der Waals surface area contributed by atoms with E-state index in [4.69, 9.17) is 0 Å². The Balaban J connectivity index is 2.34. The molecule has 2 rings (SSSR count). The molecule has 1 aromatic heterocycles. The maximum absolute atomic E-state index is 11.5. The Labute approximate surface area is 126 Å². The molecule has 0 radical (unpaired) electrons. The molecule has 0 fully saturated rings. The van der Waals surface area contributed by atoms with Crippen LogP contribution in [0.25, 0.3) is 0 Å². The summed E-state index contributed by atoms with van der Waals surface area (Å²) in [7, 11) is 0. The summed E-state index contributed by atoms with van der Waals surface area (Å²) in [5, 5.41) is 12.8. The molecule has 0 aromatic carbocycles. The number of aryl methyl sites for hydroxylation is 1. The number of hydrogen-bond donors (Lipinski definition) is 2. The van der Waals surface area contributed by atoms with Crippen LogP contribution >= 0.6 is 0 Å². The van der Waals surface area contributed by atoms with Crippen LogP contribution in [0.4, 0.5) is 5.82 Å². The highest BCUT2D eigenvalue weighted by molar-refractivity contribution is 5.76. The van der Waals surface area contributed by atoms with Crippen molar-refractivity contribution in [1.82, 2.24) is 9.97 Å². The molecule has 0 saturated heterocycles. The molecule has 1 aliphatic rings. The van der Waals surface area contributed by atoms with Crippen LogP contribution in [-0.4, -0.2) is 26.6 Å². The summed E-state index contributed by atoms with van der Waals surface area (Å²) < 4.78 is 0. The van der Waals surface area contributed by atoms with Crippen LogP contribution < -0.4 is 5.32 Å². The topological polar surface area (TPSA) is 75.1 Å². The second-order valence-corrected chi connectivity index (χ2v) is 6.89. The van der Waals surface area contributed by atoms with Gasteiger partial charge in [0.2, 0.25) is 0 Å². The fourth-order valence-corrected chi connectivity index (χ4v) is 2.53. The lowest BCUT2D eigenvalue weighted by Gasteiger charge is -2.39. The Hall–Kier alpha value is -1.65. The van der Waals surface area contributed by atoms with Crippen LogP contribution in [0.2, 0.25) is 0 Å². The van der Waals surface area contributed by atoms with Crippen LogP contribution in [0.1, 0.15) is 58.2 Å². The summed E-state index contributed by atoms with van der Waals surface area (Å²) in [6.45, 7) is 7.29. The first-order valence-electron chi connectivity index (χ1n) is 7.60. The van der Waals surface area contributed by atoms with Crippen LogP contribution in [0.3, 0.4) is 0 Å². The van der Waals surface area contributed by atoms with E-state index in [9.17, 15) is 9.90 Å². The number of rotatable bonds is 4. The fraction of sp³-hybridized carbons (Fsp3) is 0.688. The quantitative estimate of drug-likeness (QED) is 0.834. The van der Waals surface area contributed by atoms with Gasteiger partial charge in [0.25, 0.3) is 0 Å². The van der Waals surface area contributed by atoms with Gasteiger partial charge in [0.15, 0.2) is 0 Å². The predicted molar refractivity (Wildman–Crippen MR) is 82.4 cm³/mol. The number of aromatic nitrogens is 2. The van der Waals surface area contributed by atoms with Crippen molar-refractivity contribution in [3.63, 3.8) is 0 Å². The van der Waals surface area contributed by atoms with Crippen LogP contribution in [0, 0.1) is 5.41 Å². The molecule has 5 nitrogen and oxygen atoms in total. The van der Waals surface area contributed by atoms with Crippen molar-refractivity contribution in [1.29, 1.82) is 0 Å². The number of carboxylic acids is 1. The minimum absolute atomic E-state index is 0.618. The normalized spacial score (nSPS) is 16.0. The van der Waals surface area contributed by atoms with Crippen molar-refractivity contribution >= 4 is 11.8 Å². The molecule has 116 valence electrons. The van der Waals surface area contributed by atoms with Crippen molar-refractivity contribution in [2.24, 2.45) is 5.41 Å². The molecule has 5 heteroatoms. The first kappa shape index (κ1) is 15.7. The van der Waals surface area contributed by atoms with Gasteiger partial charge >= 0.3 is 5.97 Å². The van der Waals surface area contributed by atoms with Crippen molar-refractivity contribution in [3.05, 3.63) is 17.6 Å². The molecule has 0 amide bonds. The second-order valence-electron chi connectivity index (χ2n) is 6.89. The van der Waals surface area contributed by atoms with Crippen LogP contribution in [0.15, 0.2) is 6.33 Å². The zero-order valence-corrected chi connectivity index (χ0v) is 13.4. The van der Waals surface area contributed by atoms with Gasteiger partial charge in [-0.1, -0.05) is 6.42 Å². The van der Waals surface area contributed by atoms with E-state index >= 15 is 0 Å². The van der Waals surface area contributed by atoms with Gasteiger partial charge in [-0.05, 0) is 53.4 Å². The smallest absolute Gasteiger partial charge is 0.311 e. The van der Waals surface area contributed by atoms with E-state index in [1.54, 1.807) is 20.2 Å². The van der Waals surface area contributed by atoms with Gasteiger partial charge in [0.1, 0.15) is 12.1 Å². The van der Waals surface area contributed by atoms with E-state index in [0.717, 1.165) is 42.8 Å². The number of carboxylic acid groups (broad SMARTS) is 1. The van der Waals surface area contributed by atoms with Gasteiger partial charge < -0.3 is 10.4 Å². The molecule has 21 heavy (non-hydrogen) atoms. The number of nitrogens with zero attached hydrogens (tertiary/aromatic N) is 2.